The molecular formula is C12H20N2O3S. The van der Waals surface area contributed by atoms with E-state index in [0.29, 0.717) is 21.7 Å². The maximum absolute atomic E-state index is 12.2. The first-order chi connectivity index (χ1) is 8.27. The number of sulfonamides is 1. The van der Waals surface area contributed by atoms with Gasteiger partial charge in [-0.05, 0) is 44.0 Å². The van der Waals surface area contributed by atoms with Crippen molar-refractivity contribution in [3.8, 4) is 0 Å². The van der Waals surface area contributed by atoms with Gasteiger partial charge in [0.05, 0.1) is 11.0 Å². The maximum atomic E-state index is 12.2. The quantitative estimate of drug-likeness (QED) is 0.789. The highest BCUT2D eigenvalue weighted by Gasteiger charge is 2.20. The highest BCUT2D eigenvalue weighted by atomic mass is 32.2. The van der Waals surface area contributed by atoms with Gasteiger partial charge in [-0.3, -0.25) is 0 Å². The first-order valence-electron chi connectivity index (χ1n) is 5.67. The Morgan fingerprint density at radius 2 is 1.83 bits per heavy atom. The van der Waals surface area contributed by atoms with Crippen LogP contribution < -0.4 is 10.5 Å². The second-order valence-electron chi connectivity index (χ2n) is 4.38. The summed E-state index contributed by atoms with van der Waals surface area (Å²) in [4.78, 5) is 0.292. The lowest BCUT2D eigenvalue weighted by atomic mass is 10.1. The second-order valence-corrected chi connectivity index (χ2v) is 6.09. The summed E-state index contributed by atoms with van der Waals surface area (Å²) in [5.74, 6) is 0. The predicted octanol–water partition coefficient (Wildman–Crippen LogP) is 1.20. The SMILES string of the molecule is COC(C)CNS(=O)(=O)c1c(C)cc(N)cc1C. The molecule has 1 atom stereocenters. The minimum atomic E-state index is -3.53. The lowest BCUT2D eigenvalue weighted by Gasteiger charge is -2.15. The average Bonchev–Trinajstić information content (AvgIpc) is 2.24. The van der Waals surface area contributed by atoms with Crippen LogP contribution >= 0.6 is 0 Å². The Labute approximate surface area is 108 Å². The van der Waals surface area contributed by atoms with E-state index < -0.39 is 10.0 Å². The van der Waals surface area contributed by atoms with Crippen LogP contribution in [0, 0.1) is 13.8 Å². The number of aryl methyl sites for hydroxylation is 2. The van der Waals surface area contributed by atoms with Gasteiger partial charge in [0.1, 0.15) is 0 Å². The molecule has 0 saturated carbocycles. The van der Waals surface area contributed by atoms with Crippen LogP contribution in [0.1, 0.15) is 18.1 Å². The molecule has 0 bridgehead atoms. The molecule has 0 heterocycles. The molecule has 0 amide bonds. The van der Waals surface area contributed by atoms with Crippen molar-refractivity contribution in [1.29, 1.82) is 0 Å². The molecule has 1 unspecified atom stereocenters. The van der Waals surface area contributed by atoms with Gasteiger partial charge in [0, 0.05) is 19.3 Å². The molecular weight excluding hydrogens is 252 g/mol. The molecule has 1 rings (SSSR count). The number of anilines is 1. The van der Waals surface area contributed by atoms with E-state index in [1.54, 1.807) is 40.0 Å². The number of nitrogen functional groups attached to an aromatic ring is 1. The summed E-state index contributed by atoms with van der Waals surface area (Å²) in [6, 6.07) is 3.31. The number of benzene rings is 1. The van der Waals surface area contributed by atoms with E-state index in [-0.39, 0.29) is 12.6 Å². The number of ether oxygens (including phenoxy) is 1. The fourth-order valence-corrected chi connectivity index (χ4v) is 3.35. The molecule has 0 aliphatic heterocycles. The molecule has 0 aliphatic carbocycles. The van der Waals surface area contributed by atoms with Crippen molar-refractivity contribution in [3.05, 3.63) is 23.3 Å². The third-order valence-corrected chi connectivity index (χ3v) is 4.44. The molecule has 0 spiro atoms. The number of hydrogen-bond donors (Lipinski definition) is 2. The van der Waals surface area contributed by atoms with Crippen molar-refractivity contribution in [3.63, 3.8) is 0 Å². The molecule has 5 nitrogen and oxygen atoms in total. The Hall–Kier alpha value is -1.11. The molecule has 0 aromatic heterocycles. The van der Waals surface area contributed by atoms with Gasteiger partial charge < -0.3 is 10.5 Å². The summed E-state index contributed by atoms with van der Waals surface area (Å²) >= 11 is 0. The zero-order valence-corrected chi connectivity index (χ0v) is 12.0. The first-order valence-corrected chi connectivity index (χ1v) is 7.15. The number of methoxy groups -OCH3 is 1. The fourth-order valence-electron chi connectivity index (χ4n) is 1.79. The molecule has 18 heavy (non-hydrogen) atoms. The van der Waals surface area contributed by atoms with Crippen LogP contribution in [0.2, 0.25) is 0 Å². The lowest BCUT2D eigenvalue weighted by molar-refractivity contribution is 0.122. The van der Waals surface area contributed by atoms with Gasteiger partial charge in [-0.25, -0.2) is 13.1 Å². The number of rotatable bonds is 5. The van der Waals surface area contributed by atoms with Crippen LogP contribution in [-0.4, -0.2) is 28.2 Å². The van der Waals surface area contributed by atoms with Crippen molar-refractivity contribution < 1.29 is 13.2 Å². The van der Waals surface area contributed by atoms with Crippen LogP contribution in [0.5, 0.6) is 0 Å². The largest absolute Gasteiger partial charge is 0.399 e. The summed E-state index contributed by atoms with van der Waals surface area (Å²) in [6.45, 7) is 5.50. The Kier molecular flexibility index (Phi) is 4.72. The third-order valence-electron chi connectivity index (χ3n) is 2.71. The van der Waals surface area contributed by atoms with Crippen LogP contribution in [0.4, 0.5) is 5.69 Å². The molecule has 0 radical (unpaired) electrons. The normalized spacial score (nSPS) is 13.6. The Bertz CT molecular complexity index is 503. The summed E-state index contributed by atoms with van der Waals surface area (Å²) < 4.78 is 31.9. The zero-order valence-electron chi connectivity index (χ0n) is 11.1. The van der Waals surface area contributed by atoms with Crippen molar-refractivity contribution in [1.82, 2.24) is 4.72 Å². The van der Waals surface area contributed by atoms with Gasteiger partial charge in [-0.2, -0.15) is 0 Å². The first kappa shape index (κ1) is 14.9. The number of hydrogen-bond acceptors (Lipinski definition) is 4. The van der Waals surface area contributed by atoms with Crippen molar-refractivity contribution >= 4 is 15.7 Å². The molecule has 102 valence electrons. The van der Waals surface area contributed by atoms with Crippen LogP contribution in [0.25, 0.3) is 0 Å². The Morgan fingerprint density at radius 1 is 1.33 bits per heavy atom. The summed E-state index contributed by atoms with van der Waals surface area (Å²) in [5, 5.41) is 0. The van der Waals surface area contributed by atoms with Gasteiger partial charge in [-0.1, -0.05) is 0 Å². The van der Waals surface area contributed by atoms with Crippen LogP contribution in [-0.2, 0) is 14.8 Å². The van der Waals surface area contributed by atoms with Gasteiger partial charge in [0.15, 0.2) is 0 Å². The summed E-state index contributed by atoms with van der Waals surface area (Å²) in [6.07, 6.45) is -0.172. The topological polar surface area (TPSA) is 81.4 Å². The van der Waals surface area contributed by atoms with Crippen LogP contribution in [0.3, 0.4) is 0 Å². The van der Waals surface area contributed by atoms with E-state index in [0.717, 1.165) is 0 Å². The molecule has 1 aromatic rings. The van der Waals surface area contributed by atoms with E-state index in [2.05, 4.69) is 4.72 Å². The van der Waals surface area contributed by atoms with E-state index in [4.69, 9.17) is 10.5 Å². The number of nitrogens with one attached hydrogen (secondary N) is 1. The van der Waals surface area contributed by atoms with E-state index in [1.807, 2.05) is 0 Å². The van der Waals surface area contributed by atoms with Gasteiger partial charge >= 0.3 is 0 Å². The van der Waals surface area contributed by atoms with Gasteiger partial charge in [0.2, 0.25) is 10.0 Å². The van der Waals surface area contributed by atoms with E-state index in [9.17, 15) is 8.42 Å². The number of nitrogens with two attached hydrogens (primary N) is 1. The smallest absolute Gasteiger partial charge is 0.241 e. The minimum Gasteiger partial charge on any atom is -0.399 e. The molecule has 1 aromatic carbocycles. The summed E-state index contributed by atoms with van der Waals surface area (Å²) in [7, 11) is -1.99. The van der Waals surface area contributed by atoms with Gasteiger partial charge in [0.25, 0.3) is 0 Å². The highest BCUT2D eigenvalue weighted by Crippen LogP contribution is 2.22. The van der Waals surface area contributed by atoms with Crippen molar-refractivity contribution in [2.45, 2.75) is 31.8 Å². The molecule has 0 saturated heterocycles. The highest BCUT2D eigenvalue weighted by molar-refractivity contribution is 7.89. The fraction of sp³-hybridized carbons (Fsp3) is 0.500. The summed E-state index contributed by atoms with van der Waals surface area (Å²) in [5.41, 5.74) is 7.53. The van der Waals surface area contributed by atoms with E-state index in [1.165, 1.54) is 0 Å². The van der Waals surface area contributed by atoms with Crippen molar-refractivity contribution in [2.24, 2.45) is 0 Å². The lowest BCUT2D eigenvalue weighted by Crippen LogP contribution is -2.32. The monoisotopic (exact) mass is 272 g/mol. The van der Waals surface area contributed by atoms with Crippen molar-refractivity contribution in [2.75, 3.05) is 19.4 Å². The molecule has 0 aliphatic rings. The Balaban J connectivity index is 3.06. The third kappa shape index (κ3) is 3.44. The molecule has 0 fully saturated rings. The minimum absolute atomic E-state index is 0.172. The Morgan fingerprint density at radius 3 is 2.28 bits per heavy atom. The van der Waals surface area contributed by atoms with Crippen LogP contribution in [0.15, 0.2) is 17.0 Å². The predicted molar refractivity (Wildman–Crippen MR) is 72.0 cm³/mol. The molecule has 3 N–H and O–H groups in total. The maximum Gasteiger partial charge on any atom is 0.241 e. The van der Waals surface area contributed by atoms with Gasteiger partial charge in [-0.15, -0.1) is 0 Å². The standard InChI is InChI=1S/C12H20N2O3S/c1-8-5-11(13)6-9(2)12(8)18(15,16)14-7-10(3)17-4/h5-6,10,14H,7,13H2,1-4H3. The second kappa shape index (κ2) is 5.69. The zero-order chi connectivity index (χ0) is 13.9. The van der Waals surface area contributed by atoms with E-state index >= 15 is 0 Å². The molecule has 6 heteroatoms. The average molecular weight is 272 g/mol.